The molecule has 0 radical (unpaired) electrons. The van der Waals surface area contributed by atoms with Crippen molar-refractivity contribution in [3.63, 3.8) is 0 Å². The molecule has 0 saturated heterocycles. The number of rotatable bonds is 5. The van der Waals surface area contributed by atoms with Gasteiger partial charge in [0.2, 0.25) is 0 Å². The molecule has 0 bridgehead atoms. The summed E-state index contributed by atoms with van der Waals surface area (Å²) in [5.74, 6) is 0. The molecule has 0 atom stereocenters. The Morgan fingerprint density at radius 3 is 2.46 bits per heavy atom. The standard InChI is InChI=1S/C20H16N2O3S3/c1-22-17-12-11-15(13-19(17)27-20(22)23)28(24,25)21-16-9-5-6-10-18(16)26-14-7-3-2-4-8-14/h2-13,21H,1H3. The lowest BCUT2D eigenvalue weighted by atomic mass is 10.3. The molecule has 0 aliphatic heterocycles. The van der Waals surface area contributed by atoms with Crippen LogP contribution in [-0.4, -0.2) is 13.0 Å². The van der Waals surface area contributed by atoms with Crippen molar-refractivity contribution >= 4 is 49.0 Å². The number of anilines is 1. The summed E-state index contributed by atoms with van der Waals surface area (Å²) >= 11 is 2.52. The van der Waals surface area contributed by atoms with Gasteiger partial charge in [0.1, 0.15) is 0 Å². The lowest BCUT2D eigenvalue weighted by molar-refractivity contribution is 0.601. The summed E-state index contributed by atoms with van der Waals surface area (Å²) in [5.41, 5.74) is 1.23. The van der Waals surface area contributed by atoms with Crippen LogP contribution in [-0.2, 0) is 17.1 Å². The van der Waals surface area contributed by atoms with E-state index >= 15 is 0 Å². The maximum absolute atomic E-state index is 12.9. The minimum atomic E-state index is -3.79. The van der Waals surface area contributed by atoms with Crippen LogP contribution in [0.1, 0.15) is 0 Å². The summed E-state index contributed by atoms with van der Waals surface area (Å²) in [6.45, 7) is 0. The molecule has 28 heavy (non-hydrogen) atoms. The van der Waals surface area contributed by atoms with Crippen LogP contribution < -0.4 is 9.60 Å². The molecule has 1 N–H and O–H groups in total. The monoisotopic (exact) mass is 428 g/mol. The van der Waals surface area contributed by atoms with Gasteiger partial charge in [0.25, 0.3) is 10.0 Å². The number of nitrogens with one attached hydrogen (secondary N) is 1. The predicted octanol–water partition coefficient (Wildman–Crippen LogP) is 4.55. The second-order valence-electron chi connectivity index (χ2n) is 6.07. The average Bonchev–Trinajstić information content (AvgIpc) is 2.97. The molecular weight excluding hydrogens is 412 g/mol. The average molecular weight is 429 g/mol. The molecule has 0 unspecified atom stereocenters. The highest BCUT2D eigenvalue weighted by atomic mass is 32.2. The Bertz CT molecular complexity index is 1310. The van der Waals surface area contributed by atoms with E-state index in [9.17, 15) is 13.2 Å². The third-order valence-electron chi connectivity index (χ3n) is 4.18. The second-order valence-corrected chi connectivity index (χ2v) is 9.86. The van der Waals surface area contributed by atoms with Gasteiger partial charge in [-0.2, -0.15) is 0 Å². The molecule has 5 nitrogen and oxygen atoms in total. The first-order valence-corrected chi connectivity index (χ1v) is 11.5. The molecule has 1 aromatic heterocycles. The van der Waals surface area contributed by atoms with Crippen LogP contribution in [0.25, 0.3) is 10.2 Å². The third-order valence-corrected chi connectivity index (χ3v) is 7.62. The normalized spacial score (nSPS) is 11.6. The van der Waals surface area contributed by atoms with Crippen molar-refractivity contribution in [3.8, 4) is 0 Å². The number of thiazole rings is 1. The van der Waals surface area contributed by atoms with Crippen molar-refractivity contribution in [3.05, 3.63) is 82.5 Å². The summed E-state index contributed by atoms with van der Waals surface area (Å²) in [6.07, 6.45) is 0. The predicted molar refractivity (Wildman–Crippen MR) is 115 cm³/mol. The molecule has 142 valence electrons. The minimum Gasteiger partial charge on any atom is -0.302 e. The number of nitrogens with zero attached hydrogens (tertiary/aromatic N) is 1. The van der Waals surface area contributed by atoms with Crippen molar-refractivity contribution in [1.29, 1.82) is 0 Å². The number of aryl methyl sites for hydroxylation is 1. The Hall–Kier alpha value is -2.55. The maximum Gasteiger partial charge on any atom is 0.307 e. The van der Waals surface area contributed by atoms with E-state index in [1.807, 2.05) is 42.5 Å². The van der Waals surface area contributed by atoms with Gasteiger partial charge >= 0.3 is 4.87 Å². The smallest absolute Gasteiger partial charge is 0.302 e. The van der Waals surface area contributed by atoms with Crippen LogP contribution in [0.2, 0.25) is 0 Å². The fourth-order valence-electron chi connectivity index (χ4n) is 2.74. The molecule has 0 spiro atoms. The maximum atomic E-state index is 12.9. The fourth-order valence-corrected chi connectivity index (χ4v) is 5.83. The number of para-hydroxylation sites is 1. The summed E-state index contributed by atoms with van der Waals surface area (Å²) in [4.78, 5) is 13.7. The van der Waals surface area contributed by atoms with Gasteiger partial charge in [-0.3, -0.25) is 9.52 Å². The van der Waals surface area contributed by atoms with Crippen LogP contribution in [0.3, 0.4) is 0 Å². The number of fused-ring (bicyclic) bond motifs is 1. The number of aromatic nitrogens is 1. The summed E-state index contributed by atoms with van der Waals surface area (Å²) in [7, 11) is -2.12. The highest BCUT2D eigenvalue weighted by Crippen LogP contribution is 2.34. The molecule has 3 aromatic carbocycles. The first-order chi connectivity index (χ1) is 13.4. The summed E-state index contributed by atoms with van der Waals surface area (Å²) in [6, 6.07) is 21.8. The Kier molecular flexibility index (Phi) is 5.01. The van der Waals surface area contributed by atoms with Crippen molar-refractivity contribution in [2.45, 2.75) is 14.7 Å². The first kappa shape index (κ1) is 18.8. The first-order valence-electron chi connectivity index (χ1n) is 8.38. The number of benzene rings is 3. The second kappa shape index (κ2) is 7.46. The van der Waals surface area contributed by atoms with Gasteiger partial charge in [-0.1, -0.05) is 53.4 Å². The van der Waals surface area contributed by atoms with E-state index in [-0.39, 0.29) is 9.77 Å². The van der Waals surface area contributed by atoms with Gasteiger partial charge in [0.05, 0.1) is 20.8 Å². The van der Waals surface area contributed by atoms with Crippen LogP contribution in [0.15, 0.2) is 92.3 Å². The van der Waals surface area contributed by atoms with Gasteiger partial charge in [-0.25, -0.2) is 8.42 Å². The SMILES string of the molecule is Cn1c(=O)sc2cc(S(=O)(=O)Nc3ccccc3Sc3ccccc3)ccc21. The quantitative estimate of drug-likeness (QED) is 0.506. The summed E-state index contributed by atoms with van der Waals surface area (Å²) < 4.78 is 30.7. The number of hydrogen-bond donors (Lipinski definition) is 1. The third kappa shape index (κ3) is 3.71. The Balaban J connectivity index is 1.68. The van der Waals surface area contributed by atoms with Crippen LogP contribution in [0.4, 0.5) is 5.69 Å². The molecule has 0 amide bonds. The van der Waals surface area contributed by atoms with Crippen molar-refractivity contribution in [2.75, 3.05) is 4.72 Å². The van der Waals surface area contributed by atoms with Gasteiger partial charge in [0.15, 0.2) is 0 Å². The van der Waals surface area contributed by atoms with Crippen LogP contribution >= 0.6 is 23.1 Å². The van der Waals surface area contributed by atoms with Gasteiger partial charge in [-0.05, 0) is 42.5 Å². The Morgan fingerprint density at radius 2 is 1.68 bits per heavy atom. The molecular formula is C20H16N2O3S3. The van der Waals surface area contributed by atoms with E-state index in [0.717, 1.165) is 21.1 Å². The number of hydrogen-bond acceptors (Lipinski definition) is 5. The lowest BCUT2D eigenvalue weighted by Gasteiger charge is -2.12. The van der Waals surface area contributed by atoms with Gasteiger partial charge in [-0.15, -0.1) is 0 Å². The van der Waals surface area contributed by atoms with Gasteiger partial charge in [0, 0.05) is 16.8 Å². The lowest BCUT2D eigenvalue weighted by Crippen LogP contribution is -2.13. The molecule has 4 aromatic rings. The van der Waals surface area contributed by atoms with Crippen molar-refractivity contribution < 1.29 is 8.42 Å². The molecule has 0 saturated carbocycles. The highest BCUT2D eigenvalue weighted by molar-refractivity contribution is 7.99. The van der Waals surface area contributed by atoms with E-state index in [0.29, 0.717) is 15.9 Å². The van der Waals surface area contributed by atoms with Gasteiger partial charge < -0.3 is 4.57 Å². The zero-order valence-electron chi connectivity index (χ0n) is 14.8. The zero-order valence-corrected chi connectivity index (χ0v) is 17.3. The zero-order chi connectivity index (χ0) is 19.7. The van der Waals surface area contributed by atoms with E-state index in [2.05, 4.69) is 4.72 Å². The minimum absolute atomic E-state index is 0.123. The van der Waals surface area contributed by atoms with E-state index < -0.39 is 10.0 Å². The molecule has 0 fully saturated rings. The van der Waals surface area contributed by atoms with Crippen molar-refractivity contribution in [2.24, 2.45) is 7.05 Å². The fraction of sp³-hybridized carbons (Fsp3) is 0.0500. The largest absolute Gasteiger partial charge is 0.307 e. The van der Waals surface area contributed by atoms with Crippen LogP contribution in [0, 0.1) is 0 Å². The number of sulfonamides is 1. The van der Waals surface area contributed by atoms with Crippen molar-refractivity contribution in [1.82, 2.24) is 4.57 Å². The van der Waals surface area contributed by atoms with E-state index in [1.54, 1.807) is 25.2 Å². The van der Waals surface area contributed by atoms with Crippen LogP contribution in [0.5, 0.6) is 0 Å². The molecule has 8 heteroatoms. The molecule has 0 aliphatic carbocycles. The van der Waals surface area contributed by atoms with E-state index in [1.165, 1.54) is 28.5 Å². The Morgan fingerprint density at radius 1 is 0.964 bits per heavy atom. The molecule has 4 rings (SSSR count). The Labute approximate surface area is 170 Å². The summed E-state index contributed by atoms with van der Waals surface area (Å²) in [5, 5.41) is 0. The van der Waals surface area contributed by atoms with E-state index in [4.69, 9.17) is 0 Å². The molecule has 0 aliphatic rings. The molecule has 1 heterocycles. The highest BCUT2D eigenvalue weighted by Gasteiger charge is 2.18. The topological polar surface area (TPSA) is 68.2 Å².